The number of carbonyl (C=O) groups is 1. The van der Waals surface area contributed by atoms with Crippen LogP contribution in [0.15, 0.2) is 12.1 Å². The summed E-state index contributed by atoms with van der Waals surface area (Å²) >= 11 is 0. The third-order valence-electron chi connectivity index (χ3n) is 2.28. The highest BCUT2D eigenvalue weighted by molar-refractivity contribution is 5.74. The number of hydrogen-bond donors (Lipinski definition) is 1. The molecular formula is C12H12FNO3. The second kappa shape index (κ2) is 5.97. The second-order valence-corrected chi connectivity index (χ2v) is 3.30. The fourth-order valence-electron chi connectivity index (χ4n) is 1.50. The zero-order chi connectivity index (χ0) is 12.8. The first kappa shape index (κ1) is 13.1. The molecule has 0 aliphatic heterocycles. The molecule has 0 amide bonds. The molecule has 0 saturated carbocycles. The summed E-state index contributed by atoms with van der Waals surface area (Å²) in [5.41, 5.74) is 0.328. The van der Waals surface area contributed by atoms with Gasteiger partial charge in [0.1, 0.15) is 5.82 Å². The van der Waals surface area contributed by atoms with Crippen LogP contribution in [-0.2, 0) is 22.6 Å². The van der Waals surface area contributed by atoms with Crippen molar-refractivity contribution in [3.05, 3.63) is 34.6 Å². The lowest BCUT2D eigenvalue weighted by Gasteiger charge is -2.09. The number of nitriles is 1. The molecule has 0 fully saturated rings. The monoisotopic (exact) mass is 237 g/mol. The maximum atomic E-state index is 13.4. The highest BCUT2D eigenvalue weighted by Gasteiger charge is 2.16. The van der Waals surface area contributed by atoms with Crippen molar-refractivity contribution >= 4 is 5.97 Å². The zero-order valence-corrected chi connectivity index (χ0v) is 9.36. The van der Waals surface area contributed by atoms with Gasteiger partial charge in [-0.15, -0.1) is 0 Å². The quantitative estimate of drug-likeness (QED) is 0.801. The van der Waals surface area contributed by atoms with Crippen molar-refractivity contribution < 1.29 is 19.0 Å². The molecule has 5 heteroatoms. The molecule has 0 aliphatic carbocycles. The van der Waals surface area contributed by atoms with Gasteiger partial charge >= 0.3 is 5.97 Å². The number of esters is 1. The molecule has 90 valence electrons. The summed E-state index contributed by atoms with van der Waals surface area (Å²) in [6.07, 6.45) is -0.218. The molecule has 0 heterocycles. The standard InChI is InChI=1S/C12H12FNO3/c1-2-17-12(16)5-9-8(6-14)3-4-11(13)10(9)7-15/h3-4,15H,2,5,7H2,1H3. The predicted octanol–water partition coefficient (Wildman–Crippen LogP) is 1.30. The van der Waals surface area contributed by atoms with E-state index in [9.17, 15) is 9.18 Å². The van der Waals surface area contributed by atoms with Gasteiger partial charge in [0.05, 0.1) is 31.3 Å². The molecule has 0 aromatic heterocycles. The summed E-state index contributed by atoms with van der Waals surface area (Å²) in [5, 5.41) is 17.9. The van der Waals surface area contributed by atoms with Crippen LogP contribution in [0, 0.1) is 17.1 Å². The van der Waals surface area contributed by atoms with Crippen LogP contribution in [0.3, 0.4) is 0 Å². The minimum atomic E-state index is -0.634. The Balaban J connectivity index is 3.15. The van der Waals surface area contributed by atoms with E-state index in [1.54, 1.807) is 6.92 Å². The van der Waals surface area contributed by atoms with Gasteiger partial charge in [0.15, 0.2) is 0 Å². The van der Waals surface area contributed by atoms with Crippen LogP contribution in [-0.4, -0.2) is 17.7 Å². The lowest BCUT2D eigenvalue weighted by molar-refractivity contribution is -0.142. The normalized spacial score (nSPS) is 9.76. The van der Waals surface area contributed by atoms with Gasteiger partial charge < -0.3 is 9.84 Å². The van der Waals surface area contributed by atoms with Gasteiger partial charge in [-0.2, -0.15) is 5.26 Å². The summed E-state index contributed by atoms with van der Waals surface area (Å²) in [7, 11) is 0. The van der Waals surface area contributed by atoms with E-state index >= 15 is 0 Å². The summed E-state index contributed by atoms with van der Waals surface area (Å²) in [5.74, 6) is -1.19. The predicted molar refractivity (Wildman–Crippen MR) is 57.4 cm³/mol. The molecule has 0 radical (unpaired) electrons. The largest absolute Gasteiger partial charge is 0.466 e. The third kappa shape index (κ3) is 3.02. The van der Waals surface area contributed by atoms with Gasteiger partial charge in [-0.25, -0.2) is 4.39 Å². The van der Waals surface area contributed by atoms with Crippen molar-refractivity contribution in [2.45, 2.75) is 20.0 Å². The first-order chi connectivity index (χ1) is 8.13. The first-order valence-corrected chi connectivity index (χ1v) is 5.10. The SMILES string of the molecule is CCOC(=O)Cc1c(C#N)ccc(F)c1CO. The number of benzene rings is 1. The van der Waals surface area contributed by atoms with Gasteiger partial charge in [-0.05, 0) is 24.6 Å². The van der Waals surface area contributed by atoms with Crippen molar-refractivity contribution in [3.8, 4) is 6.07 Å². The van der Waals surface area contributed by atoms with Crippen LogP contribution in [0.4, 0.5) is 4.39 Å². The van der Waals surface area contributed by atoms with E-state index in [1.807, 2.05) is 6.07 Å². The Bertz CT molecular complexity index is 466. The van der Waals surface area contributed by atoms with E-state index in [4.69, 9.17) is 15.1 Å². The second-order valence-electron chi connectivity index (χ2n) is 3.30. The number of nitrogens with zero attached hydrogens (tertiary/aromatic N) is 1. The minimum absolute atomic E-state index is 0.0305. The fourth-order valence-corrected chi connectivity index (χ4v) is 1.50. The van der Waals surface area contributed by atoms with Crippen LogP contribution in [0.2, 0.25) is 0 Å². The van der Waals surface area contributed by atoms with Crippen molar-refractivity contribution in [2.24, 2.45) is 0 Å². The highest BCUT2D eigenvalue weighted by Crippen LogP contribution is 2.19. The van der Waals surface area contributed by atoms with E-state index in [-0.39, 0.29) is 29.7 Å². The van der Waals surface area contributed by atoms with Gasteiger partial charge in [0.25, 0.3) is 0 Å². The van der Waals surface area contributed by atoms with E-state index in [0.717, 1.165) is 6.07 Å². The van der Waals surface area contributed by atoms with Gasteiger partial charge in [0, 0.05) is 5.56 Å². The number of aliphatic hydroxyl groups is 1. The molecule has 0 atom stereocenters. The van der Waals surface area contributed by atoms with Crippen LogP contribution >= 0.6 is 0 Å². The van der Waals surface area contributed by atoms with Crippen molar-refractivity contribution in [3.63, 3.8) is 0 Å². The Hall–Kier alpha value is -1.93. The number of carbonyl (C=O) groups excluding carboxylic acids is 1. The molecule has 0 aliphatic rings. The third-order valence-corrected chi connectivity index (χ3v) is 2.28. The van der Waals surface area contributed by atoms with E-state index in [0.29, 0.717) is 0 Å². The summed E-state index contributed by atoms with van der Waals surface area (Å²) in [6, 6.07) is 4.24. The Kier molecular flexibility index (Phi) is 4.61. The lowest BCUT2D eigenvalue weighted by Crippen LogP contribution is -2.12. The number of halogens is 1. The summed E-state index contributed by atoms with van der Waals surface area (Å²) in [4.78, 5) is 11.3. The Morgan fingerprint density at radius 3 is 2.76 bits per heavy atom. The number of rotatable bonds is 4. The van der Waals surface area contributed by atoms with Gasteiger partial charge in [0.2, 0.25) is 0 Å². The highest BCUT2D eigenvalue weighted by atomic mass is 19.1. The van der Waals surface area contributed by atoms with Crippen LogP contribution in [0.1, 0.15) is 23.6 Å². The van der Waals surface area contributed by atoms with Crippen LogP contribution in [0.5, 0.6) is 0 Å². The topological polar surface area (TPSA) is 70.3 Å². The van der Waals surface area contributed by atoms with E-state index < -0.39 is 18.4 Å². The zero-order valence-electron chi connectivity index (χ0n) is 9.36. The maximum absolute atomic E-state index is 13.4. The Labute approximate surface area is 98.2 Å². The van der Waals surface area contributed by atoms with Crippen LogP contribution in [0.25, 0.3) is 0 Å². The Morgan fingerprint density at radius 1 is 1.53 bits per heavy atom. The fraction of sp³-hybridized carbons (Fsp3) is 0.333. The number of aliphatic hydroxyl groups excluding tert-OH is 1. The smallest absolute Gasteiger partial charge is 0.310 e. The average Bonchev–Trinajstić information content (AvgIpc) is 2.30. The summed E-state index contributed by atoms with van der Waals surface area (Å²) in [6.45, 7) is 1.31. The molecule has 17 heavy (non-hydrogen) atoms. The van der Waals surface area contributed by atoms with Crippen LogP contribution < -0.4 is 0 Å². The molecule has 0 unspecified atom stereocenters. The minimum Gasteiger partial charge on any atom is -0.466 e. The lowest BCUT2D eigenvalue weighted by atomic mass is 9.98. The summed E-state index contributed by atoms with van der Waals surface area (Å²) < 4.78 is 18.1. The first-order valence-electron chi connectivity index (χ1n) is 5.10. The molecule has 1 N–H and O–H groups in total. The average molecular weight is 237 g/mol. The number of hydrogen-bond acceptors (Lipinski definition) is 4. The molecule has 1 aromatic rings. The molecule has 1 rings (SSSR count). The molecule has 4 nitrogen and oxygen atoms in total. The van der Waals surface area contributed by atoms with Crippen molar-refractivity contribution in [1.29, 1.82) is 5.26 Å². The van der Waals surface area contributed by atoms with Gasteiger partial charge in [-0.1, -0.05) is 0 Å². The maximum Gasteiger partial charge on any atom is 0.310 e. The van der Waals surface area contributed by atoms with Crippen molar-refractivity contribution in [2.75, 3.05) is 6.61 Å². The Morgan fingerprint density at radius 2 is 2.24 bits per heavy atom. The van der Waals surface area contributed by atoms with E-state index in [1.165, 1.54) is 6.07 Å². The van der Waals surface area contributed by atoms with Crippen molar-refractivity contribution in [1.82, 2.24) is 0 Å². The van der Waals surface area contributed by atoms with Gasteiger partial charge in [-0.3, -0.25) is 4.79 Å². The molecule has 0 bridgehead atoms. The molecule has 0 saturated heterocycles. The molecule has 1 aromatic carbocycles. The number of ether oxygens (including phenoxy) is 1. The molecular weight excluding hydrogens is 225 g/mol. The van der Waals surface area contributed by atoms with E-state index in [2.05, 4.69) is 0 Å². The molecule has 0 spiro atoms.